The minimum Gasteiger partial charge on any atom is -0.212 e. The molecule has 1 saturated carbocycles. The van der Waals surface area contributed by atoms with Crippen LogP contribution in [0.5, 0.6) is 0 Å². The molecule has 0 aromatic carbocycles. The molecule has 0 amide bonds. The molecule has 0 bridgehead atoms. The Hall–Kier alpha value is -0.600. The summed E-state index contributed by atoms with van der Waals surface area (Å²) in [5.74, 6) is 0.529. The number of hydrogen-bond acceptors (Lipinski definition) is 3. The quantitative estimate of drug-likeness (QED) is 0.686. The number of rotatable bonds is 6. The van der Waals surface area contributed by atoms with E-state index in [-0.39, 0.29) is 12.3 Å². The molecule has 0 heterocycles. The second-order valence-corrected chi connectivity index (χ2v) is 6.79. The average Bonchev–Trinajstić information content (AvgIpc) is 2.29. The van der Waals surface area contributed by atoms with Gasteiger partial charge in [-0.25, -0.2) is 8.42 Å². The summed E-state index contributed by atoms with van der Waals surface area (Å²) in [7, 11) is -3.24. The summed E-state index contributed by atoms with van der Waals surface area (Å²) in [6, 6.07) is 1.94. The van der Waals surface area contributed by atoms with Crippen molar-refractivity contribution < 1.29 is 8.42 Å². The molecule has 1 rings (SSSR count). The first-order valence-corrected chi connectivity index (χ1v) is 8.06. The van der Waals surface area contributed by atoms with Gasteiger partial charge in [0.05, 0.1) is 11.8 Å². The lowest BCUT2D eigenvalue weighted by molar-refractivity contribution is 0.372. The SMILES string of the molecule is CCCN(CC#N)S(=O)(=O)CC1CCCCC1. The molecule has 0 atom stereocenters. The molecule has 0 aromatic rings. The van der Waals surface area contributed by atoms with Gasteiger partial charge in [-0.15, -0.1) is 0 Å². The standard InChI is InChI=1S/C12H22N2O2S/c1-2-9-14(10-8-13)17(15,16)11-12-6-4-3-5-7-12/h12H,2-7,9-11H2,1H3. The molecule has 0 radical (unpaired) electrons. The lowest BCUT2D eigenvalue weighted by Gasteiger charge is -2.25. The van der Waals surface area contributed by atoms with E-state index in [9.17, 15) is 8.42 Å². The maximum Gasteiger partial charge on any atom is 0.215 e. The third-order valence-corrected chi connectivity index (χ3v) is 5.28. The fourth-order valence-electron chi connectivity index (χ4n) is 2.40. The van der Waals surface area contributed by atoms with Crippen molar-refractivity contribution in [3.05, 3.63) is 0 Å². The Morgan fingerprint density at radius 1 is 1.29 bits per heavy atom. The van der Waals surface area contributed by atoms with E-state index in [1.807, 2.05) is 13.0 Å². The van der Waals surface area contributed by atoms with Crippen molar-refractivity contribution in [2.45, 2.75) is 45.4 Å². The first kappa shape index (κ1) is 14.5. The second kappa shape index (κ2) is 6.97. The Labute approximate surface area is 105 Å². The molecule has 5 heteroatoms. The molecule has 4 nitrogen and oxygen atoms in total. The molecule has 1 aliphatic carbocycles. The lowest BCUT2D eigenvalue weighted by Crippen LogP contribution is -2.36. The van der Waals surface area contributed by atoms with Crippen molar-refractivity contribution >= 4 is 10.0 Å². The zero-order valence-corrected chi connectivity index (χ0v) is 11.4. The minimum atomic E-state index is -3.24. The summed E-state index contributed by atoms with van der Waals surface area (Å²) in [5.41, 5.74) is 0. The van der Waals surface area contributed by atoms with Gasteiger partial charge in [0.15, 0.2) is 0 Å². The van der Waals surface area contributed by atoms with E-state index < -0.39 is 10.0 Å². The summed E-state index contributed by atoms with van der Waals surface area (Å²) >= 11 is 0. The summed E-state index contributed by atoms with van der Waals surface area (Å²) < 4.78 is 25.6. The third kappa shape index (κ3) is 4.64. The first-order valence-electron chi connectivity index (χ1n) is 6.45. The van der Waals surface area contributed by atoms with Crippen LogP contribution in [-0.2, 0) is 10.0 Å². The van der Waals surface area contributed by atoms with E-state index in [1.165, 1.54) is 10.7 Å². The highest BCUT2D eigenvalue weighted by Gasteiger charge is 2.26. The highest BCUT2D eigenvalue weighted by molar-refractivity contribution is 7.89. The van der Waals surface area contributed by atoms with Crippen LogP contribution in [0.25, 0.3) is 0 Å². The predicted octanol–water partition coefficient (Wildman–Crippen LogP) is 2.13. The van der Waals surface area contributed by atoms with E-state index >= 15 is 0 Å². The van der Waals surface area contributed by atoms with Crippen LogP contribution < -0.4 is 0 Å². The summed E-state index contributed by atoms with van der Waals surface area (Å²) in [5, 5.41) is 8.68. The van der Waals surface area contributed by atoms with Gasteiger partial charge in [0, 0.05) is 6.54 Å². The van der Waals surface area contributed by atoms with Gasteiger partial charge in [-0.05, 0) is 25.2 Å². The van der Waals surface area contributed by atoms with E-state index in [2.05, 4.69) is 0 Å². The molecule has 0 aromatic heterocycles. The molecule has 1 fully saturated rings. The maximum atomic E-state index is 12.2. The smallest absolute Gasteiger partial charge is 0.212 e. The van der Waals surface area contributed by atoms with Crippen molar-refractivity contribution in [1.82, 2.24) is 4.31 Å². The summed E-state index contributed by atoms with van der Waals surface area (Å²) in [6.45, 7) is 2.38. The van der Waals surface area contributed by atoms with Crippen LogP contribution >= 0.6 is 0 Å². The third-order valence-electron chi connectivity index (χ3n) is 3.28. The zero-order chi connectivity index (χ0) is 12.7. The number of hydrogen-bond donors (Lipinski definition) is 0. The molecule has 1 aliphatic rings. The van der Waals surface area contributed by atoms with Crippen LogP contribution in [0.1, 0.15) is 45.4 Å². The van der Waals surface area contributed by atoms with E-state index in [0.717, 1.165) is 32.1 Å². The Kier molecular flexibility index (Phi) is 5.93. The highest BCUT2D eigenvalue weighted by Crippen LogP contribution is 2.25. The van der Waals surface area contributed by atoms with Crippen molar-refractivity contribution in [3.8, 4) is 6.07 Å². The van der Waals surface area contributed by atoms with Crippen LogP contribution in [0.4, 0.5) is 0 Å². The average molecular weight is 258 g/mol. The number of nitriles is 1. The summed E-state index contributed by atoms with van der Waals surface area (Å²) in [4.78, 5) is 0. The van der Waals surface area contributed by atoms with Gasteiger partial charge >= 0.3 is 0 Å². The lowest BCUT2D eigenvalue weighted by atomic mass is 9.91. The fourth-order valence-corrected chi connectivity index (χ4v) is 4.26. The predicted molar refractivity (Wildman–Crippen MR) is 67.8 cm³/mol. The molecule has 0 spiro atoms. The van der Waals surface area contributed by atoms with E-state index in [1.54, 1.807) is 0 Å². The maximum absolute atomic E-state index is 12.2. The highest BCUT2D eigenvalue weighted by atomic mass is 32.2. The molecule has 0 aliphatic heterocycles. The van der Waals surface area contributed by atoms with Gasteiger partial charge in [0.1, 0.15) is 6.54 Å². The first-order chi connectivity index (χ1) is 8.10. The topological polar surface area (TPSA) is 61.2 Å². The van der Waals surface area contributed by atoms with Crippen molar-refractivity contribution in [3.63, 3.8) is 0 Å². The second-order valence-electron chi connectivity index (χ2n) is 4.77. The van der Waals surface area contributed by atoms with Gasteiger partial charge in [-0.3, -0.25) is 0 Å². The normalized spacial score (nSPS) is 18.2. The Morgan fingerprint density at radius 2 is 1.94 bits per heavy atom. The zero-order valence-electron chi connectivity index (χ0n) is 10.6. The number of sulfonamides is 1. The minimum absolute atomic E-state index is 0.0110. The van der Waals surface area contributed by atoms with Gasteiger partial charge in [-0.1, -0.05) is 26.2 Å². The molecule has 98 valence electrons. The van der Waals surface area contributed by atoms with Crippen LogP contribution in [-0.4, -0.2) is 31.6 Å². The summed E-state index contributed by atoms with van der Waals surface area (Å²) in [6.07, 6.45) is 6.31. The molecule has 0 saturated heterocycles. The Morgan fingerprint density at radius 3 is 2.47 bits per heavy atom. The Balaban J connectivity index is 2.60. The van der Waals surface area contributed by atoms with Gasteiger partial charge in [0.25, 0.3) is 0 Å². The molecular weight excluding hydrogens is 236 g/mol. The molecular formula is C12H22N2O2S. The Bertz CT molecular complexity index is 353. The van der Waals surface area contributed by atoms with Crippen molar-refractivity contribution in [1.29, 1.82) is 5.26 Å². The van der Waals surface area contributed by atoms with E-state index in [4.69, 9.17) is 5.26 Å². The van der Waals surface area contributed by atoms with Gasteiger partial charge in [-0.2, -0.15) is 9.57 Å². The molecule has 0 N–H and O–H groups in total. The monoisotopic (exact) mass is 258 g/mol. The van der Waals surface area contributed by atoms with Crippen molar-refractivity contribution in [2.24, 2.45) is 5.92 Å². The van der Waals surface area contributed by atoms with Gasteiger partial charge < -0.3 is 0 Å². The van der Waals surface area contributed by atoms with Crippen molar-refractivity contribution in [2.75, 3.05) is 18.8 Å². The van der Waals surface area contributed by atoms with Crippen LogP contribution in [0.3, 0.4) is 0 Å². The fraction of sp³-hybridized carbons (Fsp3) is 0.917. The number of nitrogens with zero attached hydrogens (tertiary/aromatic N) is 2. The largest absolute Gasteiger partial charge is 0.215 e. The van der Waals surface area contributed by atoms with Crippen LogP contribution in [0.15, 0.2) is 0 Å². The van der Waals surface area contributed by atoms with Crippen LogP contribution in [0.2, 0.25) is 0 Å². The van der Waals surface area contributed by atoms with Crippen LogP contribution in [0, 0.1) is 17.2 Å². The van der Waals surface area contributed by atoms with E-state index in [0.29, 0.717) is 12.5 Å². The van der Waals surface area contributed by atoms with Gasteiger partial charge in [0.2, 0.25) is 10.0 Å². The molecule has 0 unspecified atom stereocenters. The molecule has 17 heavy (non-hydrogen) atoms.